The smallest absolute Gasteiger partial charge is 0.331 e. The molecule has 1 N–H and O–H groups in total. The number of rotatable bonds is 8. The molecular formula is C28H29NO4. The summed E-state index contributed by atoms with van der Waals surface area (Å²) in [6, 6.07) is 22.2. The van der Waals surface area contributed by atoms with Gasteiger partial charge in [0.25, 0.3) is 0 Å². The lowest BCUT2D eigenvalue weighted by atomic mass is 9.99. The van der Waals surface area contributed by atoms with Crippen LogP contribution < -0.4 is 14.4 Å². The fraction of sp³-hybridized carbons (Fsp3) is 0.250. The summed E-state index contributed by atoms with van der Waals surface area (Å²) in [5.74, 6) is 0.801. The third kappa shape index (κ3) is 5.03. The molecule has 170 valence electrons. The predicted molar refractivity (Wildman–Crippen MR) is 132 cm³/mol. The number of nitrogens with zero attached hydrogens (tertiary/aromatic N) is 1. The molecule has 0 radical (unpaired) electrons. The molecule has 1 heterocycles. The van der Waals surface area contributed by atoms with E-state index in [2.05, 4.69) is 29.2 Å². The number of carbonyl (C=O) groups is 1. The monoisotopic (exact) mass is 443 g/mol. The predicted octanol–water partition coefficient (Wildman–Crippen LogP) is 6.03. The van der Waals surface area contributed by atoms with E-state index in [-0.39, 0.29) is 0 Å². The van der Waals surface area contributed by atoms with Crippen LogP contribution in [0.4, 0.5) is 5.69 Å². The number of fused-ring (bicyclic) bond motifs is 1. The Kier molecular flexibility index (Phi) is 6.98. The van der Waals surface area contributed by atoms with Crippen molar-refractivity contribution in [2.24, 2.45) is 0 Å². The van der Waals surface area contributed by atoms with Gasteiger partial charge in [-0.1, -0.05) is 42.5 Å². The van der Waals surface area contributed by atoms with Crippen molar-refractivity contribution in [1.82, 2.24) is 0 Å². The third-order valence-electron chi connectivity index (χ3n) is 5.76. The molecule has 5 heteroatoms. The Hall–Kier alpha value is -3.73. The third-order valence-corrected chi connectivity index (χ3v) is 5.76. The van der Waals surface area contributed by atoms with Gasteiger partial charge in [-0.3, -0.25) is 0 Å². The Morgan fingerprint density at radius 1 is 0.939 bits per heavy atom. The van der Waals surface area contributed by atoms with Crippen LogP contribution in [0.2, 0.25) is 0 Å². The van der Waals surface area contributed by atoms with E-state index in [1.54, 1.807) is 6.08 Å². The quantitative estimate of drug-likeness (QED) is 0.461. The number of carboxylic acid groups (broad SMARTS) is 1. The molecule has 0 spiro atoms. The molecule has 0 fully saturated rings. The van der Waals surface area contributed by atoms with E-state index < -0.39 is 5.97 Å². The van der Waals surface area contributed by atoms with E-state index in [0.717, 1.165) is 39.4 Å². The van der Waals surface area contributed by atoms with Crippen LogP contribution in [-0.4, -0.2) is 30.8 Å². The molecular weight excluding hydrogens is 414 g/mol. The molecule has 1 aliphatic rings. The minimum absolute atomic E-state index is 0.409. The number of carboxylic acids is 1. The number of hydrogen-bond acceptors (Lipinski definition) is 4. The Bertz CT molecular complexity index is 1170. The number of aliphatic carboxylic acids is 1. The van der Waals surface area contributed by atoms with Crippen molar-refractivity contribution in [3.63, 3.8) is 0 Å². The molecule has 3 aromatic rings. The van der Waals surface area contributed by atoms with E-state index in [1.165, 1.54) is 0 Å². The summed E-state index contributed by atoms with van der Waals surface area (Å²) in [5, 5.41) is 9.75. The first kappa shape index (κ1) is 22.5. The fourth-order valence-corrected chi connectivity index (χ4v) is 4.22. The van der Waals surface area contributed by atoms with Gasteiger partial charge in [0.15, 0.2) is 0 Å². The largest absolute Gasteiger partial charge is 0.494 e. The summed E-state index contributed by atoms with van der Waals surface area (Å²) in [6.45, 7) is 6.37. The average molecular weight is 444 g/mol. The lowest BCUT2D eigenvalue weighted by Crippen LogP contribution is -2.24. The highest BCUT2D eigenvalue weighted by atomic mass is 16.5. The highest BCUT2D eigenvalue weighted by molar-refractivity contribution is 5.94. The van der Waals surface area contributed by atoms with E-state index >= 15 is 0 Å². The molecule has 1 aliphatic heterocycles. The fourth-order valence-electron chi connectivity index (χ4n) is 4.22. The van der Waals surface area contributed by atoms with Gasteiger partial charge in [-0.25, -0.2) is 4.79 Å². The van der Waals surface area contributed by atoms with Crippen LogP contribution in [0.5, 0.6) is 11.5 Å². The molecule has 0 atom stereocenters. The van der Waals surface area contributed by atoms with Crippen molar-refractivity contribution in [1.29, 1.82) is 0 Å². The van der Waals surface area contributed by atoms with Crippen molar-refractivity contribution in [2.45, 2.75) is 26.8 Å². The minimum Gasteiger partial charge on any atom is -0.494 e. The number of hydrogen-bond donors (Lipinski definition) is 1. The maximum Gasteiger partial charge on any atom is 0.331 e. The lowest BCUT2D eigenvalue weighted by molar-refractivity contribution is -0.132. The van der Waals surface area contributed by atoms with Crippen molar-refractivity contribution in [2.75, 3.05) is 24.7 Å². The van der Waals surface area contributed by atoms with Crippen LogP contribution in [0.15, 0.2) is 72.3 Å². The van der Waals surface area contributed by atoms with Gasteiger partial charge in [-0.2, -0.15) is 0 Å². The van der Waals surface area contributed by atoms with E-state index in [9.17, 15) is 9.90 Å². The maximum absolute atomic E-state index is 11.9. The highest BCUT2D eigenvalue weighted by Crippen LogP contribution is 2.37. The molecule has 0 saturated carbocycles. The minimum atomic E-state index is -0.877. The van der Waals surface area contributed by atoms with Gasteiger partial charge in [-0.15, -0.1) is 0 Å². The first-order valence-electron chi connectivity index (χ1n) is 11.4. The summed E-state index contributed by atoms with van der Waals surface area (Å²) >= 11 is 0. The second-order valence-corrected chi connectivity index (χ2v) is 7.89. The Morgan fingerprint density at radius 2 is 1.64 bits per heavy atom. The summed E-state index contributed by atoms with van der Waals surface area (Å²) < 4.78 is 11.6. The number of anilines is 1. The van der Waals surface area contributed by atoms with Crippen molar-refractivity contribution in [3.05, 3.63) is 83.4 Å². The first-order valence-corrected chi connectivity index (χ1v) is 11.4. The number of benzene rings is 3. The molecule has 0 amide bonds. The number of para-hydroxylation sites is 2. The molecule has 5 nitrogen and oxygen atoms in total. The van der Waals surface area contributed by atoms with Crippen molar-refractivity contribution in [3.8, 4) is 22.6 Å². The van der Waals surface area contributed by atoms with Crippen molar-refractivity contribution < 1.29 is 19.4 Å². The lowest BCUT2D eigenvalue weighted by Gasteiger charge is -2.26. The zero-order valence-electron chi connectivity index (χ0n) is 19.1. The zero-order chi connectivity index (χ0) is 23.2. The zero-order valence-corrected chi connectivity index (χ0v) is 19.1. The van der Waals surface area contributed by atoms with Crippen LogP contribution in [0.25, 0.3) is 17.2 Å². The summed E-state index contributed by atoms with van der Waals surface area (Å²) in [7, 11) is 0. The van der Waals surface area contributed by atoms with E-state index in [4.69, 9.17) is 9.47 Å². The van der Waals surface area contributed by atoms with Gasteiger partial charge in [0, 0.05) is 35.5 Å². The second-order valence-electron chi connectivity index (χ2n) is 7.89. The van der Waals surface area contributed by atoms with Gasteiger partial charge >= 0.3 is 5.97 Å². The normalized spacial score (nSPS) is 13.0. The van der Waals surface area contributed by atoms with E-state index in [1.807, 2.05) is 56.3 Å². The van der Waals surface area contributed by atoms with Gasteiger partial charge in [0.05, 0.1) is 13.2 Å². The highest BCUT2D eigenvalue weighted by Gasteiger charge is 2.21. The van der Waals surface area contributed by atoms with Gasteiger partial charge < -0.3 is 19.5 Å². The van der Waals surface area contributed by atoms with Crippen LogP contribution in [-0.2, 0) is 11.3 Å². The topological polar surface area (TPSA) is 59.0 Å². The Morgan fingerprint density at radius 3 is 2.39 bits per heavy atom. The number of ether oxygens (including phenoxy) is 2. The van der Waals surface area contributed by atoms with Crippen LogP contribution >= 0.6 is 0 Å². The Labute approximate surface area is 194 Å². The summed E-state index contributed by atoms with van der Waals surface area (Å²) in [5.41, 5.74) is 5.37. The van der Waals surface area contributed by atoms with Gasteiger partial charge in [-0.05, 0) is 61.7 Å². The SMILES string of the molecule is CCOc1ccccc1CN1CCC(C(=O)O)=Cc2cc(-c3ccccc3OCC)ccc21. The van der Waals surface area contributed by atoms with Crippen LogP contribution in [0.1, 0.15) is 31.4 Å². The standard InChI is InChI=1S/C28H29NO4/c1-3-32-26-11-7-5-9-22(26)19-29-16-15-21(28(30)31)18-23-17-20(13-14-25(23)29)24-10-6-8-12-27(24)33-4-2/h5-14,17-18H,3-4,15-16,19H2,1-2H3,(H,30,31). The van der Waals surface area contributed by atoms with Crippen LogP contribution in [0, 0.1) is 0 Å². The molecule has 0 bridgehead atoms. The first-order chi connectivity index (χ1) is 16.1. The molecule has 0 aromatic heterocycles. The molecule has 33 heavy (non-hydrogen) atoms. The van der Waals surface area contributed by atoms with Crippen LogP contribution in [0.3, 0.4) is 0 Å². The molecule has 0 unspecified atom stereocenters. The van der Waals surface area contributed by atoms with Gasteiger partial charge in [0.1, 0.15) is 11.5 Å². The van der Waals surface area contributed by atoms with Gasteiger partial charge in [0.2, 0.25) is 0 Å². The Balaban J connectivity index is 1.76. The molecule has 0 aliphatic carbocycles. The summed E-state index contributed by atoms with van der Waals surface area (Å²) in [4.78, 5) is 14.1. The van der Waals surface area contributed by atoms with E-state index in [0.29, 0.717) is 38.3 Å². The molecule has 4 rings (SSSR count). The van der Waals surface area contributed by atoms with Crippen molar-refractivity contribution >= 4 is 17.7 Å². The molecule has 0 saturated heterocycles. The average Bonchev–Trinajstić information content (AvgIpc) is 3.00. The second kappa shape index (κ2) is 10.3. The maximum atomic E-state index is 11.9. The molecule has 3 aromatic carbocycles. The summed E-state index contributed by atoms with van der Waals surface area (Å²) in [6.07, 6.45) is 2.27.